The summed E-state index contributed by atoms with van der Waals surface area (Å²) in [6.07, 6.45) is 0.477. The predicted octanol–water partition coefficient (Wildman–Crippen LogP) is 5.11. The molecule has 4 rings (SSSR count). The lowest BCUT2D eigenvalue weighted by atomic mass is 10.1. The molecule has 0 fully saturated rings. The largest absolute Gasteiger partial charge is 0.497 e. The number of hydrogen-bond acceptors (Lipinski definition) is 6. The number of hydrogen-bond donors (Lipinski definition) is 0. The zero-order valence-electron chi connectivity index (χ0n) is 23.3. The fraction of sp³-hybridized carbons (Fsp3) is 0.333. The van der Waals surface area contributed by atoms with Crippen molar-refractivity contribution in [3.8, 4) is 11.4 Å². The van der Waals surface area contributed by atoms with Crippen LogP contribution in [-0.4, -0.2) is 49.6 Å². The van der Waals surface area contributed by atoms with E-state index in [2.05, 4.69) is 0 Å². The van der Waals surface area contributed by atoms with Gasteiger partial charge in [0.1, 0.15) is 11.6 Å². The van der Waals surface area contributed by atoms with Gasteiger partial charge in [-0.3, -0.25) is 9.36 Å². The maximum Gasteiger partial charge on any atom is 0.266 e. The summed E-state index contributed by atoms with van der Waals surface area (Å²) < 4.78 is 42.1. The van der Waals surface area contributed by atoms with Gasteiger partial charge in [0.05, 0.1) is 34.6 Å². The summed E-state index contributed by atoms with van der Waals surface area (Å²) in [7, 11) is -0.821. The molecule has 39 heavy (non-hydrogen) atoms. The second-order valence-electron chi connectivity index (χ2n) is 9.69. The minimum atomic E-state index is -3.98. The molecule has 0 bridgehead atoms. The number of para-hydroxylation sites is 1. The van der Waals surface area contributed by atoms with E-state index in [-0.39, 0.29) is 17.0 Å². The summed E-state index contributed by atoms with van der Waals surface area (Å²) >= 11 is 0. The molecule has 4 aromatic rings. The molecule has 0 amide bonds. The standard InChI is InChI=1S/C30H35N3O5S/c1-20-18-21(2)28(22(3)19-20)39(35,36)32(16-9-17-37-5)23(4)29-31-27-11-8-7-10-26(27)30(34)33(29)24-12-14-25(38-6)15-13-24/h7-8,10-15,18-19,23H,9,16-17H2,1-6H3. The van der Waals surface area contributed by atoms with Gasteiger partial charge in [-0.25, -0.2) is 13.4 Å². The van der Waals surface area contributed by atoms with Gasteiger partial charge in [-0.1, -0.05) is 29.8 Å². The van der Waals surface area contributed by atoms with Crippen molar-refractivity contribution in [2.24, 2.45) is 0 Å². The molecular weight excluding hydrogens is 514 g/mol. The van der Waals surface area contributed by atoms with E-state index in [1.165, 1.54) is 8.87 Å². The smallest absolute Gasteiger partial charge is 0.266 e. The normalized spacial score (nSPS) is 12.7. The summed E-state index contributed by atoms with van der Waals surface area (Å²) in [4.78, 5) is 19.0. The zero-order chi connectivity index (χ0) is 28.3. The van der Waals surface area contributed by atoms with Crippen LogP contribution in [0.25, 0.3) is 16.6 Å². The lowest BCUT2D eigenvalue weighted by molar-refractivity contribution is 0.182. The first-order valence-electron chi connectivity index (χ1n) is 12.8. The maximum absolute atomic E-state index is 14.3. The van der Waals surface area contributed by atoms with E-state index in [1.807, 2.05) is 39.0 Å². The van der Waals surface area contributed by atoms with E-state index in [4.69, 9.17) is 14.5 Å². The molecule has 8 nitrogen and oxygen atoms in total. The van der Waals surface area contributed by atoms with Gasteiger partial charge >= 0.3 is 0 Å². The van der Waals surface area contributed by atoms with Crippen LogP contribution in [0.15, 0.2) is 70.4 Å². The van der Waals surface area contributed by atoms with Crippen LogP contribution in [0.2, 0.25) is 0 Å². The molecule has 0 aliphatic carbocycles. The van der Waals surface area contributed by atoms with Crippen molar-refractivity contribution >= 4 is 20.9 Å². The Balaban J connectivity index is 1.96. The van der Waals surface area contributed by atoms with E-state index < -0.39 is 16.1 Å². The number of rotatable bonds is 10. The van der Waals surface area contributed by atoms with Crippen molar-refractivity contribution in [3.05, 3.63) is 93.5 Å². The van der Waals surface area contributed by atoms with Crippen LogP contribution in [0.1, 0.15) is 41.9 Å². The van der Waals surface area contributed by atoms with Crippen molar-refractivity contribution in [2.45, 2.75) is 45.1 Å². The van der Waals surface area contributed by atoms with Gasteiger partial charge in [-0.05, 0) is 81.6 Å². The predicted molar refractivity (Wildman–Crippen MR) is 153 cm³/mol. The molecule has 0 spiro atoms. The Morgan fingerprint density at radius 3 is 2.23 bits per heavy atom. The Morgan fingerprint density at radius 2 is 1.62 bits per heavy atom. The number of sulfonamides is 1. The average Bonchev–Trinajstić information content (AvgIpc) is 2.90. The van der Waals surface area contributed by atoms with Gasteiger partial charge in [-0.2, -0.15) is 4.31 Å². The van der Waals surface area contributed by atoms with Crippen molar-refractivity contribution in [1.82, 2.24) is 13.9 Å². The first-order chi connectivity index (χ1) is 18.6. The van der Waals surface area contributed by atoms with Crippen molar-refractivity contribution < 1.29 is 17.9 Å². The molecule has 1 heterocycles. The Labute approximate surface area is 229 Å². The quantitative estimate of drug-likeness (QED) is 0.256. The second kappa shape index (κ2) is 11.7. The van der Waals surface area contributed by atoms with Crippen LogP contribution in [0.3, 0.4) is 0 Å². The number of fused-ring (bicyclic) bond motifs is 1. The summed E-state index contributed by atoms with van der Waals surface area (Å²) in [6.45, 7) is 7.93. The van der Waals surface area contributed by atoms with Crippen LogP contribution in [0, 0.1) is 20.8 Å². The average molecular weight is 550 g/mol. The molecule has 206 valence electrons. The van der Waals surface area contributed by atoms with Gasteiger partial charge in [0.25, 0.3) is 5.56 Å². The minimum Gasteiger partial charge on any atom is -0.497 e. The third-order valence-electron chi connectivity index (χ3n) is 6.84. The highest BCUT2D eigenvalue weighted by Crippen LogP contribution is 2.32. The molecular formula is C30H35N3O5S. The minimum absolute atomic E-state index is 0.190. The molecule has 0 aliphatic rings. The summed E-state index contributed by atoms with van der Waals surface area (Å²) in [5, 5.41) is 0.447. The first-order valence-corrected chi connectivity index (χ1v) is 14.3. The maximum atomic E-state index is 14.3. The Hall–Kier alpha value is -3.53. The lowest BCUT2D eigenvalue weighted by Gasteiger charge is -2.31. The summed E-state index contributed by atoms with van der Waals surface area (Å²) in [5.74, 6) is 0.969. The highest BCUT2D eigenvalue weighted by atomic mass is 32.2. The number of ether oxygens (including phenoxy) is 2. The SMILES string of the molecule is COCCCN(C(C)c1nc2ccccc2c(=O)n1-c1ccc(OC)cc1)S(=O)(=O)c1c(C)cc(C)cc1C. The van der Waals surface area contributed by atoms with Crippen molar-refractivity contribution in [2.75, 3.05) is 27.4 Å². The van der Waals surface area contributed by atoms with Crippen LogP contribution in [-0.2, 0) is 14.8 Å². The number of aryl methyl sites for hydroxylation is 3. The van der Waals surface area contributed by atoms with Gasteiger partial charge < -0.3 is 9.47 Å². The van der Waals surface area contributed by atoms with Crippen LogP contribution in [0.5, 0.6) is 5.75 Å². The highest BCUT2D eigenvalue weighted by Gasteiger charge is 2.34. The molecule has 0 saturated carbocycles. The van der Waals surface area contributed by atoms with Crippen molar-refractivity contribution in [3.63, 3.8) is 0 Å². The van der Waals surface area contributed by atoms with E-state index in [9.17, 15) is 13.2 Å². The second-order valence-corrected chi connectivity index (χ2v) is 11.5. The summed E-state index contributed by atoms with van der Waals surface area (Å²) in [5.41, 5.74) is 3.15. The fourth-order valence-corrected chi connectivity index (χ4v) is 7.16. The molecule has 0 aliphatic heterocycles. The molecule has 0 radical (unpaired) electrons. The molecule has 9 heteroatoms. The van der Waals surface area contributed by atoms with Gasteiger partial charge in [0, 0.05) is 20.3 Å². The topological polar surface area (TPSA) is 90.7 Å². The fourth-order valence-electron chi connectivity index (χ4n) is 5.12. The molecule has 0 saturated heterocycles. The third-order valence-corrected chi connectivity index (χ3v) is 9.11. The van der Waals surface area contributed by atoms with Crippen LogP contribution < -0.4 is 10.3 Å². The first kappa shape index (κ1) is 28.5. The number of aromatic nitrogens is 2. The molecule has 1 atom stereocenters. The van der Waals surface area contributed by atoms with Crippen molar-refractivity contribution in [1.29, 1.82) is 0 Å². The summed E-state index contributed by atoms with van der Waals surface area (Å²) in [6, 6.07) is 17.1. The van der Waals surface area contributed by atoms with Gasteiger partial charge in [0.2, 0.25) is 10.0 Å². The van der Waals surface area contributed by atoms with E-state index in [0.29, 0.717) is 52.3 Å². The number of methoxy groups -OCH3 is 2. The molecule has 3 aromatic carbocycles. The molecule has 1 unspecified atom stereocenters. The van der Waals surface area contributed by atoms with E-state index in [0.717, 1.165) is 5.56 Å². The van der Waals surface area contributed by atoms with E-state index in [1.54, 1.807) is 63.6 Å². The Bertz CT molecular complexity index is 1620. The monoisotopic (exact) mass is 549 g/mol. The molecule has 0 N–H and O–H groups in total. The van der Waals surface area contributed by atoms with E-state index >= 15 is 0 Å². The van der Waals surface area contributed by atoms with Gasteiger partial charge in [0.15, 0.2) is 0 Å². The highest BCUT2D eigenvalue weighted by molar-refractivity contribution is 7.89. The Morgan fingerprint density at radius 1 is 0.974 bits per heavy atom. The number of nitrogens with zero attached hydrogens (tertiary/aromatic N) is 3. The third kappa shape index (κ3) is 5.61. The molecule has 1 aromatic heterocycles. The van der Waals surface area contributed by atoms with Gasteiger partial charge in [-0.15, -0.1) is 0 Å². The number of benzene rings is 3. The van der Waals surface area contributed by atoms with Crippen LogP contribution >= 0.6 is 0 Å². The Kier molecular flexibility index (Phi) is 8.54. The lowest BCUT2D eigenvalue weighted by Crippen LogP contribution is -2.39. The van der Waals surface area contributed by atoms with Crippen LogP contribution in [0.4, 0.5) is 0 Å². The zero-order valence-corrected chi connectivity index (χ0v) is 24.1.